The number of aromatic nitrogens is 5. The summed E-state index contributed by atoms with van der Waals surface area (Å²) >= 11 is 0. The number of benzene rings is 1. The summed E-state index contributed by atoms with van der Waals surface area (Å²) in [5.41, 5.74) is 2.17. The van der Waals surface area contributed by atoms with Crippen molar-refractivity contribution in [1.82, 2.24) is 24.7 Å². The molecule has 3 heterocycles. The molecule has 1 unspecified atom stereocenters. The molecule has 4 rings (SSSR count). The molecule has 0 aliphatic carbocycles. The minimum atomic E-state index is -4.55. The Morgan fingerprint density at radius 2 is 1.89 bits per heavy atom. The van der Waals surface area contributed by atoms with Gasteiger partial charge in [0, 0.05) is 24.5 Å². The van der Waals surface area contributed by atoms with Crippen LogP contribution >= 0.6 is 0 Å². The summed E-state index contributed by atoms with van der Waals surface area (Å²) < 4.78 is 40.6. The minimum Gasteiger partial charge on any atom is -0.391 e. The maximum absolute atomic E-state index is 13.1. The van der Waals surface area contributed by atoms with Crippen molar-refractivity contribution in [2.45, 2.75) is 39.6 Å². The Hall–Kier alpha value is -3.86. The number of nitrogens with zero attached hydrogens (tertiary/aromatic N) is 6. The van der Waals surface area contributed by atoms with E-state index in [-0.39, 0.29) is 18.0 Å². The summed E-state index contributed by atoms with van der Waals surface area (Å²) in [7, 11) is 1.64. The number of fused-ring (bicyclic) bond motifs is 1. The number of carbonyl (C=O) groups is 1. The molecular formula is C24H23F3N6O2. The van der Waals surface area contributed by atoms with Gasteiger partial charge in [-0.2, -0.15) is 18.3 Å². The third-order valence-electron chi connectivity index (χ3n) is 5.52. The van der Waals surface area contributed by atoms with Crippen LogP contribution in [0, 0.1) is 13.8 Å². The van der Waals surface area contributed by atoms with Crippen LogP contribution < -0.4 is 4.90 Å². The highest BCUT2D eigenvalue weighted by Gasteiger charge is 2.33. The number of amides is 1. The lowest BCUT2D eigenvalue weighted by Gasteiger charge is -2.21. The molecule has 0 saturated heterocycles. The molecule has 0 saturated carbocycles. The number of halogens is 3. The molecule has 0 fully saturated rings. The van der Waals surface area contributed by atoms with Crippen LogP contribution in [0.1, 0.15) is 34.2 Å². The molecule has 0 aliphatic rings. The van der Waals surface area contributed by atoms with Crippen molar-refractivity contribution in [3.63, 3.8) is 0 Å². The van der Waals surface area contributed by atoms with E-state index in [1.807, 2.05) is 6.92 Å². The molecule has 1 N–H and O–H groups in total. The van der Waals surface area contributed by atoms with Crippen molar-refractivity contribution in [2.24, 2.45) is 0 Å². The fourth-order valence-electron chi connectivity index (χ4n) is 3.83. The van der Waals surface area contributed by atoms with Crippen LogP contribution in [-0.2, 0) is 12.7 Å². The first-order valence-electron chi connectivity index (χ1n) is 10.8. The smallest absolute Gasteiger partial charge is 0.391 e. The lowest BCUT2D eigenvalue weighted by molar-refractivity contribution is -0.141. The second-order valence-electron chi connectivity index (χ2n) is 8.36. The zero-order chi connectivity index (χ0) is 25.5. The van der Waals surface area contributed by atoms with Crippen molar-refractivity contribution in [3.05, 3.63) is 65.2 Å². The van der Waals surface area contributed by atoms with Gasteiger partial charge >= 0.3 is 6.18 Å². The highest BCUT2D eigenvalue weighted by atomic mass is 19.4. The highest BCUT2D eigenvalue weighted by Crippen LogP contribution is 2.31. The lowest BCUT2D eigenvalue weighted by Crippen LogP contribution is -2.30. The fraction of sp³-hybridized carbons (Fsp3) is 0.292. The summed E-state index contributed by atoms with van der Waals surface area (Å²) in [6.07, 6.45) is -2.43. The van der Waals surface area contributed by atoms with Crippen molar-refractivity contribution >= 4 is 22.6 Å². The van der Waals surface area contributed by atoms with E-state index in [4.69, 9.17) is 0 Å². The van der Waals surface area contributed by atoms with Gasteiger partial charge in [0.25, 0.3) is 5.91 Å². The van der Waals surface area contributed by atoms with Crippen molar-refractivity contribution in [3.8, 4) is 11.4 Å². The first kappa shape index (κ1) is 24.3. The molecule has 0 aliphatic heterocycles. The molecule has 1 atom stereocenters. The van der Waals surface area contributed by atoms with Crippen molar-refractivity contribution < 1.29 is 23.1 Å². The highest BCUT2D eigenvalue weighted by molar-refractivity contribution is 6.05. The van der Waals surface area contributed by atoms with Crippen LogP contribution in [-0.4, -0.2) is 48.9 Å². The van der Waals surface area contributed by atoms with Gasteiger partial charge in [-0.15, -0.1) is 0 Å². The second-order valence-corrected chi connectivity index (χ2v) is 8.36. The zero-order valence-electron chi connectivity index (χ0n) is 19.5. The Balaban J connectivity index is 1.64. The maximum Gasteiger partial charge on any atom is 0.433 e. The van der Waals surface area contributed by atoms with E-state index in [0.29, 0.717) is 33.8 Å². The predicted molar refractivity (Wildman–Crippen MR) is 124 cm³/mol. The number of alkyl halides is 3. The van der Waals surface area contributed by atoms with E-state index in [2.05, 4.69) is 20.1 Å². The number of carbonyl (C=O) groups excluding carboxylic acids is 1. The van der Waals surface area contributed by atoms with Gasteiger partial charge in [-0.3, -0.25) is 9.48 Å². The van der Waals surface area contributed by atoms with Crippen LogP contribution in [0.15, 0.2) is 42.7 Å². The fourth-order valence-corrected chi connectivity index (χ4v) is 3.83. The summed E-state index contributed by atoms with van der Waals surface area (Å²) in [4.78, 5) is 26.9. The van der Waals surface area contributed by atoms with Gasteiger partial charge in [0.15, 0.2) is 5.82 Å². The van der Waals surface area contributed by atoms with Crippen LogP contribution in [0.3, 0.4) is 0 Å². The summed E-state index contributed by atoms with van der Waals surface area (Å²) in [6.45, 7) is 5.19. The number of aliphatic hydroxyl groups is 1. The Morgan fingerprint density at radius 1 is 1.14 bits per heavy atom. The third kappa shape index (κ3) is 4.85. The molecule has 4 aromatic rings. The van der Waals surface area contributed by atoms with Gasteiger partial charge in [0.2, 0.25) is 0 Å². The van der Waals surface area contributed by atoms with Gasteiger partial charge in [-0.1, -0.05) is 0 Å². The molecule has 11 heteroatoms. The number of anilines is 1. The number of hydrogen-bond donors (Lipinski definition) is 1. The lowest BCUT2D eigenvalue weighted by atomic mass is 10.1. The maximum atomic E-state index is 13.1. The molecule has 0 radical (unpaired) electrons. The number of hydrogen-bond acceptors (Lipinski definition) is 6. The molecule has 1 aromatic carbocycles. The number of aryl methyl sites for hydroxylation is 2. The topological polar surface area (TPSA) is 97.0 Å². The molecule has 1 amide bonds. The van der Waals surface area contributed by atoms with E-state index in [9.17, 15) is 23.1 Å². The average Bonchev–Trinajstić information content (AvgIpc) is 3.24. The Morgan fingerprint density at radius 3 is 2.54 bits per heavy atom. The number of aliphatic hydroxyl groups excluding tert-OH is 1. The third-order valence-corrected chi connectivity index (χ3v) is 5.52. The molecule has 0 bridgehead atoms. The molecule has 0 spiro atoms. The number of pyridine rings is 1. The SMILES string of the molecule is Cc1cc(-c2ncc3nc(C(F)(F)F)cc(C)c3n2)ccc1N(C)C(=O)c1ccnn1CC(C)O. The number of rotatable bonds is 5. The first-order chi connectivity index (χ1) is 16.5. The first-order valence-corrected chi connectivity index (χ1v) is 10.8. The monoisotopic (exact) mass is 484 g/mol. The minimum absolute atomic E-state index is 0.0635. The predicted octanol–water partition coefficient (Wildman–Crippen LogP) is 4.18. The van der Waals surface area contributed by atoms with Gasteiger partial charge in [-0.05, 0) is 62.2 Å². The van der Waals surface area contributed by atoms with Crippen molar-refractivity contribution in [1.29, 1.82) is 0 Å². The van der Waals surface area contributed by atoms with E-state index in [1.54, 1.807) is 45.2 Å². The molecule has 3 aromatic heterocycles. The van der Waals surface area contributed by atoms with E-state index < -0.39 is 18.0 Å². The Labute approximate surface area is 199 Å². The van der Waals surface area contributed by atoms with Crippen LogP contribution in [0.5, 0.6) is 0 Å². The molecular weight excluding hydrogens is 461 g/mol. The van der Waals surface area contributed by atoms with E-state index in [0.717, 1.165) is 11.6 Å². The van der Waals surface area contributed by atoms with Gasteiger partial charge < -0.3 is 10.0 Å². The Bertz CT molecular complexity index is 1410. The van der Waals surface area contributed by atoms with Gasteiger partial charge in [0.1, 0.15) is 16.9 Å². The second kappa shape index (κ2) is 9.06. The van der Waals surface area contributed by atoms with Gasteiger partial charge in [0.05, 0.1) is 24.4 Å². The molecule has 35 heavy (non-hydrogen) atoms. The van der Waals surface area contributed by atoms with Crippen LogP contribution in [0.4, 0.5) is 18.9 Å². The zero-order valence-corrected chi connectivity index (χ0v) is 19.5. The van der Waals surface area contributed by atoms with Gasteiger partial charge in [-0.25, -0.2) is 15.0 Å². The summed E-state index contributed by atoms with van der Waals surface area (Å²) in [5.74, 6) is 0.0453. The van der Waals surface area contributed by atoms with Crippen molar-refractivity contribution in [2.75, 3.05) is 11.9 Å². The van der Waals surface area contributed by atoms with E-state index >= 15 is 0 Å². The summed E-state index contributed by atoms with van der Waals surface area (Å²) in [5, 5.41) is 13.8. The normalized spacial score (nSPS) is 12.7. The molecule has 182 valence electrons. The Kier molecular flexibility index (Phi) is 6.28. The average molecular weight is 484 g/mol. The standard InChI is InChI=1S/C24H23F3N6O2/c1-13-9-16(22-28-11-17-21(31-22)14(2)10-20(30-17)24(25,26)27)5-6-18(13)32(4)23(35)19-7-8-29-33(19)12-15(3)34/h5-11,15,34H,12H2,1-4H3. The van der Waals surface area contributed by atoms with Crippen LogP contribution in [0.25, 0.3) is 22.4 Å². The van der Waals surface area contributed by atoms with E-state index in [1.165, 1.54) is 22.0 Å². The summed E-state index contributed by atoms with van der Waals surface area (Å²) in [6, 6.07) is 7.86. The quantitative estimate of drug-likeness (QED) is 0.457. The molecule has 8 nitrogen and oxygen atoms in total. The van der Waals surface area contributed by atoms with Crippen LogP contribution in [0.2, 0.25) is 0 Å². The largest absolute Gasteiger partial charge is 0.433 e.